The molecule has 1 aromatic carbocycles. The van der Waals surface area contributed by atoms with Crippen molar-refractivity contribution in [1.29, 1.82) is 0 Å². The van der Waals surface area contributed by atoms with Crippen LogP contribution in [0, 0.1) is 0 Å². The topological polar surface area (TPSA) is 57.0 Å². The molecule has 0 aliphatic rings. The highest BCUT2D eigenvalue weighted by Gasteiger charge is 2.12. The van der Waals surface area contributed by atoms with Crippen LogP contribution in [0.3, 0.4) is 0 Å². The minimum atomic E-state index is -0.394. The summed E-state index contributed by atoms with van der Waals surface area (Å²) in [7, 11) is 0. The van der Waals surface area contributed by atoms with E-state index in [1.54, 1.807) is 33.6 Å². The SMILES string of the molecule is O=C(OCc1csc(-c2ccsc2)n1)c1cnn(Cc2ccccc2)c1. The molecule has 0 saturated heterocycles. The molecule has 3 aromatic heterocycles. The van der Waals surface area contributed by atoms with Gasteiger partial charge in [0.2, 0.25) is 0 Å². The summed E-state index contributed by atoms with van der Waals surface area (Å²) in [6.45, 7) is 0.771. The lowest BCUT2D eigenvalue weighted by atomic mass is 10.2. The third-order valence-corrected chi connectivity index (χ3v) is 5.35. The molecule has 4 aromatic rings. The Balaban J connectivity index is 1.35. The van der Waals surface area contributed by atoms with Crippen molar-refractivity contribution in [3.05, 3.63) is 81.8 Å². The molecule has 130 valence electrons. The zero-order valence-electron chi connectivity index (χ0n) is 13.7. The van der Waals surface area contributed by atoms with Crippen molar-refractivity contribution in [3.8, 4) is 10.6 Å². The molecule has 0 radical (unpaired) electrons. The average molecular weight is 381 g/mol. The van der Waals surface area contributed by atoms with Crippen molar-refractivity contribution in [2.75, 3.05) is 0 Å². The highest BCUT2D eigenvalue weighted by atomic mass is 32.1. The Morgan fingerprint density at radius 1 is 1.15 bits per heavy atom. The fourth-order valence-corrected chi connectivity index (χ4v) is 3.96. The van der Waals surface area contributed by atoms with E-state index < -0.39 is 5.97 Å². The first-order valence-corrected chi connectivity index (χ1v) is 9.80. The second-order valence-electron chi connectivity index (χ2n) is 5.64. The van der Waals surface area contributed by atoms with Gasteiger partial charge in [0.05, 0.1) is 24.0 Å². The first kappa shape index (κ1) is 16.7. The molecule has 0 saturated carbocycles. The molecule has 0 N–H and O–H groups in total. The Bertz CT molecular complexity index is 991. The van der Waals surface area contributed by atoms with Gasteiger partial charge in [-0.3, -0.25) is 4.68 Å². The van der Waals surface area contributed by atoms with Gasteiger partial charge in [-0.15, -0.1) is 11.3 Å². The third kappa shape index (κ3) is 3.89. The summed E-state index contributed by atoms with van der Waals surface area (Å²) in [5.74, 6) is -0.394. The largest absolute Gasteiger partial charge is 0.455 e. The average Bonchev–Trinajstić information content (AvgIpc) is 3.41. The Morgan fingerprint density at radius 2 is 2.04 bits per heavy atom. The number of hydrogen-bond acceptors (Lipinski definition) is 6. The highest BCUT2D eigenvalue weighted by Crippen LogP contribution is 2.26. The van der Waals surface area contributed by atoms with Gasteiger partial charge in [0.15, 0.2) is 0 Å². The zero-order chi connectivity index (χ0) is 17.8. The van der Waals surface area contributed by atoms with E-state index in [1.165, 1.54) is 6.20 Å². The molecule has 0 aliphatic heterocycles. The number of esters is 1. The molecule has 0 aliphatic carbocycles. The first-order valence-electron chi connectivity index (χ1n) is 7.98. The number of benzene rings is 1. The maximum absolute atomic E-state index is 12.2. The van der Waals surface area contributed by atoms with E-state index >= 15 is 0 Å². The third-order valence-electron chi connectivity index (χ3n) is 3.73. The number of ether oxygens (including phenoxy) is 1. The molecule has 0 unspecified atom stereocenters. The molecule has 5 nitrogen and oxygen atoms in total. The number of carbonyl (C=O) groups is 1. The summed E-state index contributed by atoms with van der Waals surface area (Å²) in [5, 5.41) is 11.2. The lowest BCUT2D eigenvalue weighted by Gasteiger charge is -2.01. The van der Waals surface area contributed by atoms with Crippen LogP contribution in [0.4, 0.5) is 0 Å². The van der Waals surface area contributed by atoms with Gasteiger partial charge >= 0.3 is 5.97 Å². The van der Waals surface area contributed by atoms with E-state index in [4.69, 9.17) is 4.74 Å². The number of hydrogen-bond donors (Lipinski definition) is 0. The van der Waals surface area contributed by atoms with E-state index in [2.05, 4.69) is 15.5 Å². The molecule has 7 heteroatoms. The van der Waals surface area contributed by atoms with Gasteiger partial charge < -0.3 is 4.74 Å². The van der Waals surface area contributed by atoms with Gasteiger partial charge in [-0.25, -0.2) is 9.78 Å². The lowest BCUT2D eigenvalue weighted by molar-refractivity contribution is 0.0468. The van der Waals surface area contributed by atoms with E-state index in [1.807, 2.05) is 47.2 Å². The molecule has 0 fully saturated rings. The number of carbonyl (C=O) groups excluding carboxylic acids is 1. The van der Waals surface area contributed by atoms with Gasteiger partial charge in [-0.05, 0) is 17.0 Å². The normalized spacial score (nSPS) is 10.8. The van der Waals surface area contributed by atoms with Gasteiger partial charge in [0, 0.05) is 22.5 Å². The van der Waals surface area contributed by atoms with Crippen LogP contribution in [0.5, 0.6) is 0 Å². The van der Waals surface area contributed by atoms with E-state index in [0.717, 1.165) is 21.8 Å². The Labute approximate surface area is 158 Å². The van der Waals surface area contributed by atoms with Crippen molar-refractivity contribution in [3.63, 3.8) is 0 Å². The predicted molar refractivity (Wildman–Crippen MR) is 102 cm³/mol. The second kappa shape index (κ2) is 7.63. The van der Waals surface area contributed by atoms with Crippen LogP contribution in [0.1, 0.15) is 21.6 Å². The molecular weight excluding hydrogens is 366 g/mol. The van der Waals surface area contributed by atoms with Gasteiger partial charge in [0.25, 0.3) is 0 Å². The van der Waals surface area contributed by atoms with Crippen LogP contribution in [0.2, 0.25) is 0 Å². The molecule has 4 rings (SSSR count). The van der Waals surface area contributed by atoms with Crippen LogP contribution in [0.25, 0.3) is 10.6 Å². The number of thiazole rings is 1. The fraction of sp³-hybridized carbons (Fsp3) is 0.105. The summed E-state index contributed by atoms with van der Waals surface area (Å²) in [6, 6.07) is 12.0. The zero-order valence-corrected chi connectivity index (χ0v) is 15.4. The van der Waals surface area contributed by atoms with E-state index in [9.17, 15) is 4.79 Å². The van der Waals surface area contributed by atoms with Gasteiger partial charge in [0.1, 0.15) is 11.6 Å². The van der Waals surface area contributed by atoms with E-state index in [0.29, 0.717) is 12.1 Å². The Morgan fingerprint density at radius 3 is 2.85 bits per heavy atom. The van der Waals surface area contributed by atoms with Crippen molar-refractivity contribution < 1.29 is 9.53 Å². The molecule has 0 bridgehead atoms. The maximum Gasteiger partial charge on any atom is 0.341 e. The molecule has 0 spiro atoms. The van der Waals surface area contributed by atoms with Crippen LogP contribution < -0.4 is 0 Å². The molecule has 0 amide bonds. The predicted octanol–water partition coefficient (Wildman–Crippen LogP) is 4.47. The maximum atomic E-state index is 12.2. The summed E-state index contributed by atoms with van der Waals surface area (Å²) >= 11 is 3.18. The molecule has 0 atom stereocenters. The van der Waals surface area contributed by atoms with Crippen molar-refractivity contribution in [2.45, 2.75) is 13.2 Å². The number of aromatic nitrogens is 3. The van der Waals surface area contributed by atoms with Crippen LogP contribution in [0.15, 0.2) is 64.9 Å². The van der Waals surface area contributed by atoms with Gasteiger partial charge in [-0.1, -0.05) is 30.3 Å². The Hall–Kier alpha value is -2.77. The number of nitrogens with zero attached hydrogens (tertiary/aromatic N) is 3. The quantitative estimate of drug-likeness (QED) is 0.462. The first-order chi connectivity index (χ1) is 12.8. The smallest absolute Gasteiger partial charge is 0.341 e. The van der Waals surface area contributed by atoms with Gasteiger partial charge in [-0.2, -0.15) is 16.4 Å². The van der Waals surface area contributed by atoms with Crippen molar-refractivity contribution in [1.82, 2.24) is 14.8 Å². The second-order valence-corrected chi connectivity index (χ2v) is 7.28. The van der Waals surface area contributed by atoms with Crippen LogP contribution in [-0.4, -0.2) is 20.7 Å². The summed E-state index contributed by atoms with van der Waals surface area (Å²) in [4.78, 5) is 16.7. The standard InChI is InChI=1S/C19H15N3O2S2/c23-19(16-8-20-22(10-16)9-14-4-2-1-3-5-14)24-11-17-13-26-18(21-17)15-6-7-25-12-15/h1-8,10,12-13H,9,11H2. The number of rotatable bonds is 6. The van der Waals surface area contributed by atoms with Crippen LogP contribution >= 0.6 is 22.7 Å². The highest BCUT2D eigenvalue weighted by molar-refractivity contribution is 7.14. The Kier molecular flexibility index (Phi) is 4.90. The molecule has 26 heavy (non-hydrogen) atoms. The minimum absolute atomic E-state index is 0.156. The fourth-order valence-electron chi connectivity index (χ4n) is 2.44. The molecular formula is C19H15N3O2S2. The monoisotopic (exact) mass is 381 g/mol. The summed E-state index contributed by atoms with van der Waals surface area (Å²) in [6.07, 6.45) is 3.23. The summed E-state index contributed by atoms with van der Waals surface area (Å²) < 4.78 is 7.09. The molecule has 3 heterocycles. The number of thiophene rings is 1. The van der Waals surface area contributed by atoms with Crippen molar-refractivity contribution in [2.24, 2.45) is 0 Å². The lowest BCUT2D eigenvalue weighted by Crippen LogP contribution is -2.05. The van der Waals surface area contributed by atoms with E-state index in [-0.39, 0.29) is 6.61 Å². The minimum Gasteiger partial charge on any atom is -0.455 e. The van der Waals surface area contributed by atoms with Crippen molar-refractivity contribution >= 4 is 28.6 Å². The van der Waals surface area contributed by atoms with Crippen LogP contribution in [-0.2, 0) is 17.9 Å². The summed E-state index contributed by atoms with van der Waals surface area (Å²) in [5.41, 5.74) is 3.41.